The molecule has 1 amide bonds. The van der Waals surface area contributed by atoms with Crippen LogP contribution in [0.15, 0.2) is 64.5 Å². The van der Waals surface area contributed by atoms with Crippen molar-refractivity contribution >= 4 is 17.8 Å². The molecule has 3 heterocycles. The van der Waals surface area contributed by atoms with Crippen molar-refractivity contribution in [2.24, 2.45) is 0 Å². The van der Waals surface area contributed by atoms with Crippen LogP contribution in [-0.2, 0) is 9.59 Å². The van der Waals surface area contributed by atoms with Gasteiger partial charge in [0.1, 0.15) is 5.76 Å². The van der Waals surface area contributed by atoms with Crippen molar-refractivity contribution in [2.45, 2.75) is 45.1 Å². The van der Waals surface area contributed by atoms with Gasteiger partial charge in [0.25, 0.3) is 5.91 Å². The number of carbonyl (C=O) groups is 2. The molecule has 33 heavy (non-hydrogen) atoms. The van der Waals surface area contributed by atoms with Crippen LogP contribution in [0.4, 0.5) is 0 Å². The maximum absolute atomic E-state index is 13.2. The van der Waals surface area contributed by atoms with Crippen LogP contribution in [-0.4, -0.2) is 52.8 Å². The van der Waals surface area contributed by atoms with Crippen molar-refractivity contribution in [3.05, 3.63) is 77.0 Å². The Labute approximate surface area is 195 Å². The van der Waals surface area contributed by atoms with E-state index in [-0.39, 0.29) is 5.57 Å². The molecule has 0 aliphatic carbocycles. The first-order chi connectivity index (χ1) is 16.0. The Morgan fingerprint density at radius 3 is 2.48 bits per heavy atom. The van der Waals surface area contributed by atoms with Crippen LogP contribution >= 0.6 is 0 Å². The third-order valence-corrected chi connectivity index (χ3v) is 6.54. The Hall–Kier alpha value is -3.12. The Balaban J connectivity index is 1.63. The largest absolute Gasteiger partial charge is 0.503 e. The van der Waals surface area contributed by atoms with Gasteiger partial charge in [0.15, 0.2) is 11.5 Å². The van der Waals surface area contributed by atoms with E-state index < -0.39 is 23.5 Å². The Kier molecular flexibility index (Phi) is 7.14. The zero-order valence-corrected chi connectivity index (χ0v) is 19.4. The fraction of sp³-hybridized carbons (Fsp3) is 0.407. The van der Waals surface area contributed by atoms with Gasteiger partial charge in [0.2, 0.25) is 0 Å². The molecule has 1 N–H and O–H groups in total. The molecule has 2 aromatic rings. The third-order valence-electron chi connectivity index (χ3n) is 6.54. The number of benzene rings is 1. The number of aliphatic hydroxyl groups is 1. The first kappa shape index (κ1) is 23.1. The molecule has 1 aromatic carbocycles. The van der Waals surface area contributed by atoms with Gasteiger partial charge in [-0.05, 0) is 67.3 Å². The Bertz CT molecular complexity index is 1030. The van der Waals surface area contributed by atoms with E-state index in [1.54, 1.807) is 23.1 Å². The van der Waals surface area contributed by atoms with Crippen molar-refractivity contribution in [3.8, 4) is 0 Å². The van der Waals surface area contributed by atoms with Gasteiger partial charge in [0, 0.05) is 13.1 Å². The Morgan fingerprint density at radius 2 is 1.85 bits per heavy atom. The van der Waals surface area contributed by atoms with Gasteiger partial charge in [-0.2, -0.15) is 0 Å². The van der Waals surface area contributed by atoms with E-state index in [2.05, 4.69) is 18.7 Å². The van der Waals surface area contributed by atoms with Gasteiger partial charge in [-0.1, -0.05) is 44.5 Å². The normalized spacial score (nSPS) is 19.9. The summed E-state index contributed by atoms with van der Waals surface area (Å²) in [5.41, 5.74) is 2.13. The van der Waals surface area contributed by atoms with E-state index in [1.165, 1.54) is 37.2 Å². The highest BCUT2D eigenvalue weighted by Crippen LogP contribution is 2.38. The van der Waals surface area contributed by atoms with Crippen molar-refractivity contribution in [3.63, 3.8) is 0 Å². The maximum Gasteiger partial charge on any atom is 0.290 e. The first-order valence-corrected chi connectivity index (χ1v) is 11.8. The van der Waals surface area contributed by atoms with Crippen molar-refractivity contribution in [1.29, 1.82) is 0 Å². The van der Waals surface area contributed by atoms with Gasteiger partial charge in [-0.3, -0.25) is 9.59 Å². The van der Waals surface area contributed by atoms with Gasteiger partial charge in [0.05, 0.1) is 17.9 Å². The maximum atomic E-state index is 13.2. The number of piperidine rings is 1. The number of hydrogen-bond donors (Lipinski definition) is 1. The predicted octanol–water partition coefficient (Wildman–Crippen LogP) is 4.87. The van der Waals surface area contributed by atoms with Crippen molar-refractivity contribution in [1.82, 2.24) is 9.80 Å². The molecule has 6 nitrogen and oxygen atoms in total. The smallest absolute Gasteiger partial charge is 0.290 e. The van der Waals surface area contributed by atoms with Crippen molar-refractivity contribution < 1.29 is 19.1 Å². The van der Waals surface area contributed by atoms with E-state index in [0.717, 1.165) is 25.2 Å². The Morgan fingerprint density at radius 1 is 1.12 bits per heavy atom. The molecule has 1 fully saturated rings. The summed E-state index contributed by atoms with van der Waals surface area (Å²) in [6.07, 6.45) is 8.02. The molecular weight excluding hydrogens is 416 g/mol. The molecule has 1 saturated heterocycles. The number of ketones is 1. The van der Waals surface area contributed by atoms with Crippen LogP contribution in [0.5, 0.6) is 0 Å². The summed E-state index contributed by atoms with van der Waals surface area (Å²) in [5, 5.41) is 10.8. The number of carbonyl (C=O) groups excluding carboxylic acids is 2. The zero-order valence-electron chi connectivity index (χ0n) is 19.4. The summed E-state index contributed by atoms with van der Waals surface area (Å²) < 4.78 is 5.27. The van der Waals surface area contributed by atoms with Crippen LogP contribution < -0.4 is 0 Å². The molecule has 1 aromatic heterocycles. The first-order valence-electron chi connectivity index (χ1n) is 11.8. The minimum absolute atomic E-state index is 0.124. The van der Waals surface area contributed by atoms with Gasteiger partial charge < -0.3 is 19.3 Å². The predicted molar refractivity (Wildman–Crippen MR) is 128 cm³/mol. The number of amides is 1. The van der Waals surface area contributed by atoms with Crippen LogP contribution in [0, 0.1) is 0 Å². The molecule has 0 spiro atoms. The van der Waals surface area contributed by atoms with Crippen LogP contribution in [0.3, 0.4) is 0 Å². The van der Waals surface area contributed by atoms with E-state index in [0.29, 0.717) is 18.2 Å². The summed E-state index contributed by atoms with van der Waals surface area (Å²) >= 11 is 0. The number of allylic oxidation sites excluding steroid dienone is 1. The monoisotopic (exact) mass is 448 g/mol. The average Bonchev–Trinajstić information content (AvgIpc) is 3.44. The van der Waals surface area contributed by atoms with E-state index in [9.17, 15) is 14.7 Å². The fourth-order valence-corrected chi connectivity index (χ4v) is 4.61. The molecule has 0 bridgehead atoms. The molecule has 174 valence electrons. The summed E-state index contributed by atoms with van der Waals surface area (Å²) in [5.74, 6) is -0.427. The number of rotatable bonds is 8. The molecule has 6 heteroatoms. The van der Waals surface area contributed by atoms with E-state index in [1.807, 2.05) is 24.3 Å². The van der Waals surface area contributed by atoms with Crippen LogP contribution in [0.25, 0.3) is 6.08 Å². The number of aliphatic hydroxyl groups excluding tert-OH is 1. The second-order valence-electron chi connectivity index (χ2n) is 9.10. The summed E-state index contributed by atoms with van der Waals surface area (Å²) in [7, 11) is 0. The number of hydrogen-bond acceptors (Lipinski definition) is 5. The minimum atomic E-state index is -0.614. The quantitative estimate of drug-likeness (QED) is 0.584. The second-order valence-corrected chi connectivity index (χ2v) is 9.10. The lowest BCUT2D eigenvalue weighted by molar-refractivity contribution is -0.129. The number of furan rings is 1. The van der Waals surface area contributed by atoms with Gasteiger partial charge in [-0.15, -0.1) is 0 Å². The molecule has 0 radical (unpaired) electrons. The van der Waals surface area contributed by atoms with E-state index >= 15 is 0 Å². The standard InChI is InChI=1S/C27H32N2O4/c1-19(2)20-8-10-21(11-9-20)25-24(23(30)13-12-22-7-6-18-33-22)26(31)27(32)29(25)17-16-28-14-4-3-5-15-28/h6-13,18-19,25,31H,3-5,14-17H2,1-2H3/b13-12+. The SMILES string of the molecule is CC(C)c1ccc(C2C(C(=O)/C=C/c3ccco3)=C(O)C(=O)N2CCN2CCCCC2)cc1. The molecule has 0 saturated carbocycles. The highest BCUT2D eigenvalue weighted by Gasteiger charge is 2.42. The van der Waals surface area contributed by atoms with Crippen molar-refractivity contribution in [2.75, 3.05) is 26.2 Å². The highest BCUT2D eigenvalue weighted by molar-refractivity contribution is 6.14. The third kappa shape index (κ3) is 5.11. The zero-order chi connectivity index (χ0) is 23.4. The number of nitrogens with zero attached hydrogens (tertiary/aromatic N) is 2. The summed E-state index contributed by atoms with van der Waals surface area (Å²) in [6.45, 7) is 7.47. The average molecular weight is 449 g/mol. The molecule has 2 aliphatic rings. The lowest BCUT2D eigenvalue weighted by Crippen LogP contribution is -2.40. The molecule has 4 rings (SSSR count). The molecule has 1 atom stereocenters. The van der Waals surface area contributed by atoms with Gasteiger partial charge in [-0.25, -0.2) is 0 Å². The summed E-state index contributed by atoms with van der Waals surface area (Å²) in [4.78, 5) is 30.3. The van der Waals surface area contributed by atoms with Gasteiger partial charge >= 0.3 is 0 Å². The minimum Gasteiger partial charge on any atom is -0.503 e. The van der Waals surface area contributed by atoms with Crippen LogP contribution in [0.2, 0.25) is 0 Å². The van der Waals surface area contributed by atoms with Crippen LogP contribution in [0.1, 0.15) is 62.0 Å². The number of likely N-dealkylation sites (tertiary alicyclic amines) is 1. The molecular formula is C27H32N2O4. The fourth-order valence-electron chi connectivity index (χ4n) is 4.61. The lowest BCUT2D eigenvalue weighted by Gasteiger charge is -2.31. The van der Waals surface area contributed by atoms with E-state index in [4.69, 9.17) is 4.42 Å². The molecule has 2 aliphatic heterocycles. The topological polar surface area (TPSA) is 74.0 Å². The highest BCUT2D eigenvalue weighted by atomic mass is 16.3. The lowest BCUT2D eigenvalue weighted by atomic mass is 9.93. The molecule has 1 unspecified atom stereocenters. The summed E-state index contributed by atoms with van der Waals surface area (Å²) in [6, 6.07) is 10.9. The second kappa shape index (κ2) is 10.2.